The Hall–Kier alpha value is -0.690. The van der Waals surface area contributed by atoms with E-state index < -0.39 is 10.0 Å². The van der Waals surface area contributed by atoms with Crippen LogP contribution in [0.15, 0.2) is 21.9 Å². The maximum absolute atomic E-state index is 12.8. The molecule has 4 nitrogen and oxygen atoms in total. The molecule has 1 N–H and O–H groups in total. The molecule has 112 valence electrons. The number of hydrogen-bond donors (Lipinski definition) is 1. The summed E-state index contributed by atoms with van der Waals surface area (Å²) in [6.45, 7) is 8.48. The quantitative estimate of drug-likeness (QED) is 0.850. The first-order chi connectivity index (χ1) is 9.46. The van der Waals surface area contributed by atoms with Crippen molar-refractivity contribution < 1.29 is 8.42 Å². The summed E-state index contributed by atoms with van der Waals surface area (Å²) in [6, 6.07) is 0. The topological polar surface area (TPSA) is 49.4 Å². The Morgan fingerprint density at radius 2 is 2.15 bits per heavy atom. The molecule has 0 aromatic carbocycles. The van der Waals surface area contributed by atoms with Crippen molar-refractivity contribution in [1.82, 2.24) is 9.62 Å². The van der Waals surface area contributed by atoms with E-state index in [1.165, 1.54) is 16.9 Å². The highest BCUT2D eigenvalue weighted by Gasteiger charge is 2.30. The minimum atomic E-state index is -3.37. The molecule has 0 saturated heterocycles. The van der Waals surface area contributed by atoms with Gasteiger partial charge in [0, 0.05) is 24.5 Å². The normalized spacial score (nSPS) is 17.2. The number of thiophene rings is 1. The number of nitrogens with one attached hydrogen (secondary N) is 1. The van der Waals surface area contributed by atoms with E-state index in [2.05, 4.69) is 12.2 Å². The van der Waals surface area contributed by atoms with Gasteiger partial charge in [0.15, 0.2) is 0 Å². The lowest BCUT2D eigenvalue weighted by Gasteiger charge is -2.25. The first-order valence-electron chi connectivity index (χ1n) is 6.90. The second kappa shape index (κ2) is 6.39. The second-order valence-corrected chi connectivity index (χ2v) is 7.95. The maximum atomic E-state index is 12.8. The molecule has 0 atom stereocenters. The van der Waals surface area contributed by atoms with Gasteiger partial charge in [-0.1, -0.05) is 18.6 Å². The smallest absolute Gasteiger partial charge is 0.244 e. The van der Waals surface area contributed by atoms with Crippen LogP contribution in [-0.2, 0) is 16.6 Å². The van der Waals surface area contributed by atoms with Gasteiger partial charge in [-0.3, -0.25) is 0 Å². The Balaban J connectivity index is 2.32. The Kier molecular flexibility index (Phi) is 5.01. The SMILES string of the molecule is CCNCc1scc(C)c1S(=O)(=O)N1CC=C(C)CC1. The van der Waals surface area contributed by atoms with Crippen LogP contribution in [-0.4, -0.2) is 32.4 Å². The molecule has 1 aliphatic heterocycles. The number of aryl methyl sites for hydroxylation is 1. The van der Waals surface area contributed by atoms with E-state index in [9.17, 15) is 8.42 Å². The summed E-state index contributed by atoms with van der Waals surface area (Å²) < 4.78 is 27.3. The molecule has 1 aromatic heterocycles. The molecule has 0 amide bonds. The average molecular weight is 314 g/mol. The van der Waals surface area contributed by atoms with Gasteiger partial charge in [0.1, 0.15) is 4.90 Å². The summed E-state index contributed by atoms with van der Waals surface area (Å²) in [5.41, 5.74) is 2.13. The summed E-state index contributed by atoms with van der Waals surface area (Å²) in [4.78, 5) is 1.42. The largest absolute Gasteiger partial charge is 0.312 e. The average Bonchev–Trinajstić information content (AvgIpc) is 2.78. The van der Waals surface area contributed by atoms with Crippen molar-refractivity contribution in [1.29, 1.82) is 0 Å². The maximum Gasteiger partial charge on any atom is 0.244 e. The molecule has 0 radical (unpaired) electrons. The van der Waals surface area contributed by atoms with Crippen LogP contribution in [0.5, 0.6) is 0 Å². The Labute approximate surface area is 125 Å². The van der Waals surface area contributed by atoms with Crippen LogP contribution >= 0.6 is 11.3 Å². The molecule has 2 rings (SSSR count). The predicted octanol–water partition coefficient (Wildman–Crippen LogP) is 2.51. The molecule has 1 aliphatic rings. The standard InChI is InChI=1S/C14H22N2O2S2/c1-4-15-9-13-14(12(3)10-19-13)20(17,18)16-7-5-11(2)6-8-16/h5,10,15H,4,6-9H2,1-3H3. The summed E-state index contributed by atoms with van der Waals surface area (Å²) >= 11 is 1.52. The number of nitrogens with zero attached hydrogens (tertiary/aromatic N) is 1. The molecule has 0 bridgehead atoms. The van der Waals surface area contributed by atoms with E-state index in [4.69, 9.17) is 0 Å². The van der Waals surface area contributed by atoms with Crippen molar-refractivity contribution in [3.05, 3.63) is 27.5 Å². The zero-order chi connectivity index (χ0) is 14.8. The number of rotatable bonds is 5. The van der Waals surface area contributed by atoms with Crippen LogP contribution in [0.25, 0.3) is 0 Å². The van der Waals surface area contributed by atoms with Crippen LogP contribution in [0.1, 0.15) is 30.7 Å². The Morgan fingerprint density at radius 3 is 2.75 bits per heavy atom. The molecular formula is C14H22N2O2S2. The second-order valence-electron chi connectivity index (χ2n) is 5.11. The van der Waals surface area contributed by atoms with Gasteiger partial charge in [0.05, 0.1) is 0 Å². The van der Waals surface area contributed by atoms with Crippen molar-refractivity contribution in [3.63, 3.8) is 0 Å². The monoisotopic (exact) mass is 314 g/mol. The third-order valence-electron chi connectivity index (χ3n) is 3.52. The summed E-state index contributed by atoms with van der Waals surface area (Å²) in [5.74, 6) is 0. The molecule has 0 saturated carbocycles. The van der Waals surface area contributed by atoms with Gasteiger partial charge in [-0.2, -0.15) is 4.31 Å². The van der Waals surface area contributed by atoms with E-state index >= 15 is 0 Å². The Morgan fingerprint density at radius 1 is 1.40 bits per heavy atom. The predicted molar refractivity (Wildman–Crippen MR) is 83.6 cm³/mol. The fraction of sp³-hybridized carbons (Fsp3) is 0.571. The van der Waals surface area contributed by atoms with Gasteiger partial charge in [-0.15, -0.1) is 11.3 Å². The van der Waals surface area contributed by atoms with Crippen LogP contribution < -0.4 is 5.32 Å². The highest BCUT2D eigenvalue weighted by atomic mass is 32.2. The van der Waals surface area contributed by atoms with Gasteiger partial charge in [-0.05, 0) is 37.8 Å². The van der Waals surface area contributed by atoms with Crippen LogP contribution in [0.4, 0.5) is 0 Å². The van der Waals surface area contributed by atoms with E-state index in [0.717, 1.165) is 23.4 Å². The fourth-order valence-electron chi connectivity index (χ4n) is 2.29. The zero-order valence-corrected chi connectivity index (χ0v) is 13.9. The van der Waals surface area contributed by atoms with E-state index in [1.807, 2.05) is 25.3 Å². The highest BCUT2D eigenvalue weighted by molar-refractivity contribution is 7.89. The Bertz CT molecular complexity index is 603. The van der Waals surface area contributed by atoms with Crippen molar-refractivity contribution in [2.75, 3.05) is 19.6 Å². The minimum absolute atomic E-state index is 0.490. The molecule has 1 aromatic rings. The molecule has 0 spiro atoms. The lowest BCUT2D eigenvalue weighted by molar-refractivity contribution is 0.430. The molecule has 20 heavy (non-hydrogen) atoms. The lowest BCUT2D eigenvalue weighted by Crippen LogP contribution is -2.35. The van der Waals surface area contributed by atoms with Crippen molar-refractivity contribution in [2.45, 2.75) is 38.6 Å². The van der Waals surface area contributed by atoms with Gasteiger partial charge in [-0.25, -0.2) is 8.42 Å². The van der Waals surface area contributed by atoms with Crippen molar-refractivity contribution >= 4 is 21.4 Å². The van der Waals surface area contributed by atoms with E-state index in [0.29, 0.717) is 24.5 Å². The molecule has 6 heteroatoms. The van der Waals surface area contributed by atoms with E-state index in [1.54, 1.807) is 4.31 Å². The fourth-order valence-corrected chi connectivity index (χ4v) is 5.41. The number of hydrogen-bond acceptors (Lipinski definition) is 4. The number of sulfonamides is 1. The van der Waals surface area contributed by atoms with Gasteiger partial charge in [0.25, 0.3) is 0 Å². The van der Waals surface area contributed by atoms with Gasteiger partial charge < -0.3 is 5.32 Å². The summed E-state index contributed by atoms with van der Waals surface area (Å²) in [7, 11) is -3.37. The van der Waals surface area contributed by atoms with Crippen LogP contribution in [0.3, 0.4) is 0 Å². The van der Waals surface area contributed by atoms with Crippen molar-refractivity contribution in [3.8, 4) is 0 Å². The van der Waals surface area contributed by atoms with Gasteiger partial charge >= 0.3 is 0 Å². The first-order valence-corrected chi connectivity index (χ1v) is 9.22. The molecule has 0 aliphatic carbocycles. The van der Waals surface area contributed by atoms with Crippen LogP contribution in [0.2, 0.25) is 0 Å². The third-order valence-corrected chi connectivity index (χ3v) is 6.85. The lowest BCUT2D eigenvalue weighted by atomic mass is 10.1. The third kappa shape index (κ3) is 3.14. The molecular weight excluding hydrogens is 292 g/mol. The molecule has 0 unspecified atom stereocenters. The minimum Gasteiger partial charge on any atom is -0.312 e. The van der Waals surface area contributed by atoms with Gasteiger partial charge in [0.2, 0.25) is 10.0 Å². The summed E-state index contributed by atoms with van der Waals surface area (Å²) in [5, 5.41) is 5.15. The molecule has 2 heterocycles. The van der Waals surface area contributed by atoms with Crippen molar-refractivity contribution in [2.24, 2.45) is 0 Å². The van der Waals surface area contributed by atoms with Crippen LogP contribution in [0, 0.1) is 6.92 Å². The first kappa shape index (κ1) is 15.7. The summed E-state index contributed by atoms with van der Waals surface area (Å²) in [6.07, 6.45) is 2.83. The van der Waals surface area contributed by atoms with E-state index in [-0.39, 0.29) is 0 Å². The zero-order valence-electron chi connectivity index (χ0n) is 12.3. The highest BCUT2D eigenvalue weighted by Crippen LogP contribution is 2.30. The molecule has 0 fully saturated rings.